The van der Waals surface area contributed by atoms with Gasteiger partial charge in [0.1, 0.15) is 0 Å². The predicted molar refractivity (Wildman–Crippen MR) is 127 cm³/mol. The maximum Gasteiger partial charge on any atom is 0.272 e. The summed E-state index contributed by atoms with van der Waals surface area (Å²) < 4.78 is 0. The Morgan fingerprint density at radius 2 is 2.03 bits per heavy atom. The van der Waals surface area contributed by atoms with E-state index in [1.54, 1.807) is 29.3 Å². The summed E-state index contributed by atoms with van der Waals surface area (Å²) in [6.45, 7) is 2.73. The first-order valence-electron chi connectivity index (χ1n) is 10.7. The molecule has 4 rings (SSSR count). The van der Waals surface area contributed by atoms with Gasteiger partial charge >= 0.3 is 0 Å². The van der Waals surface area contributed by atoms with Crippen molar-refractivity contribution in [1.82, 2.24) is 9.88 Å². The zero-order valence-corrected chi connectivity index (χ0v) is 19.0. The molecule has 0 saturated carbocycles. The third-order valence-corrected chi connectivity index (χ3v) is 6.54. The van der Waals surface area contributed by atoms with Gasteiger partial charge in [0.25, 0.3) is 5.69 Å². The van der Waals surface area contributed by atoms with Gasteiger partial charge in [-0.05, 0) is 25.3 Å². The second-order valence-electron chi connectivity index (χ2n) is 8.13. The van der Waals surface area contributed by atoms with Crippen molar-refractivity contribution in [2.45, 2.75) is 26.2 Å². The topological polar surface area (TPSA) is 105 Å². The van der Waals surface area contributed by atoms with E-state index >= 15 is 0 Å². The number of rotatable bonds is 6. The van der Waals surface area contributed by atoms with Gasteiger partial charge in [-0.3, -0.25) is 19.7 Å². The smallest absolute Gasteiger partial charge is 0.272 e. The van der Waals surface area contributed by atoms with E-state index in [2.05, 4.69) is 10.3 Å². The van der Waals surface area contributed by atoms with E-state index in [1.807, 2.05) is 30.3 Å². The minimum absolute atomic E-state index is 0.0243. The molecule has 0 spiro atoms. The van der Waals surface area contributed by atoms with E-state index < -0.39 is 4.92 Å². The highest BCUT2D eigenvalue weighted by molar-refractivity contribution is 7.14. The molecule has 2 aromatic carbocycles. The van der Waals surface area contributed by atoms with Crippen LogP contribution in [0.1, 0.15) is 24.0 Å². The van der Waals surface area contributed by atoms with Crippen LogP contribution >= 0.6 is 11.3 Å². The number of nitrogens with one attached hydrogen (secondary N) is 1. The number of nitro groups is 1. The molecule has 1 unspecified atom stereocenters. The predicted octanol–water partition coefficient (Wildman–Crippen LogP) is 4.45. The Balaban J connectivity index is 1.38. The lowest BCUT2D eigenvalue weighted by Gasteiger charge is -2.32. The first-order valence-corrected chi connectivity index (χ1v) is 11.6. The maximum atomic E-state index is 12.9. The number of likely N-dealkylation sites (tertiary alicyclic amines) is 1. The number of aryl methyl sites for hydroxylation is 1. The number of hydrogen-bond donors (Lipinski definition) is 1. The van der Waals surface area contributed by atoms with Gasteiger partial charge in [-0.25, -0.2) is 4.98 Å². The summed E-state index contributed by atoms with van der Waals surface area (Å²) in [6.07, 6.45) is 1.81. The van der Waals surface area contributed by atoms with Crippen LogP contribution in [0.25, 0.3) is 11.3 Å². The number of anilines is 1. The first kappa shape index (κ1) is 22.6. The van der Waals surface area contributed by atoms with E-state index in [0.717, 1.165) is 12.0 Å². The fourth-order valence-corrected chi connectivity index (χ4v) is 4.66. The fourth-order valence-electron chi connectivity index (χ4n) is 3.94. The lowest BCUT2D eigenvalue weighted by atomic mass is 9.96. The van der Waals surface area contributed by atoms with Crippen molar-refractivity contribution in [3.63, 3.8) is 0 Å². The van der Waals surface area contributed by atoms with Crippen molar-refractivity contribution in [2.75, 3.05) is 18.4 Å². The molecule has 1 fully saturated rings. The van der Waals surface area contributed by atoms with Gasteiger partial charge in [0.2, 0.25) is 11.8 Å². The van der Waals surface area contributed by atoms with Crippen LogP contribution in [0.2, 0.25) is 0 Å². The highest BCUT2D eigenvalue weighted by Crippen LogP contribution is 2.30. The summed E-state index contributed by atoms with van der Waals surface area (Å²) in [6, 6.07) is 14.5. The van der Waals surface area contributed by atoms with Crippen molar-refractivity contribution in [2.24, 2.45) is 5.92 Å². The summed E-state index contributed by atoms with van der Waals surface area (Å²) >= 11 is 1.27. The Morgan fingerprint density at radius 3 is 2.79 bits per heavy atom. The molecule has 0 aliphatic carbocycles. The third kappa shape index (κ3) is 5.43. The summed E-state index contributed by atoms with van der Waals surface area (Å²) in [4.78, 5) is 42.5. The first-order chi connectivity index (χ1) is 15.9. The highest BCUT2D eigenvalue weighted by Gasteiger charge is 2.29. The average Bonchev–Trinajstić information content (AvgIpc) is 3.28. The fraction of sp³-hybridized carbons (Fsp3) is 0.292. The zero-order valence-electron chi connectivity index (χ0n) is 18.2. The van der Waals surface area contributed by atoms with Crippen LogP contribution in [0.15, 0.2) is 53.9 Å². The van der Waals surface area contributed by atoms with Gasteiger partial charge in [-0.2, -0.15) is 0 Å². The van der Waals surface area contributed by atoms with Crippen LogP contribution in [0.3, 0.4) is 0 Å². The molecule has 1 N–H and O–H groups in total. The Hall–Kier alpha value is -3.59. The van der Waals surface area contributed by atoms with Gasteiger partial charge in [-0.1, -0.05) is 42.5 Å². The van der Waals surface area contributed by atoms with Crippen LogP contribution < -0.4 is 5.32 Å². The molecule has 1 aliphatic rings. The van der Waals surface area contributed by atoms with E-state index in [0.29, 0.717) is 47.9 Å². The number of hydrogen-bond acceptors (Lipinski definition) is 6. The molecule has 3 aromatic rings. The quantitative estimate of drug-likeness (QED) is 0.429. The molecule has 0 radical (unpaired) electrons. The molecule has 0 bridgehead atoms. The number of nitrogens with zero attached hydrogens (tertiary/aromatic N) is 3. The van der Waals surface area contributed by atoms with Crippen LogP contribution in [0.5, 0.6) is 0 Å². The number of benzene rings is 2. The molecule has 170 valence electrons. The van der Waals surface area contributed by atoms with Gasteiger partial charge in [0.05, 0.1) is 23.0 Å². The number of amides is 2. The van der Waals surface area contributed by atoms with Crippen molar-refractivity contribution in [3.05, 3.63) is 75.2 Å². The summed E-state index contributed by atoms with van der Waals surface area (Å²) in [5.74, 6) is -0.439. The summed E-state index contributed by atoms with van der Waals surface area (Å²) in [5, 5.41) is 16.3. The molecule has 2 heterocycles. The van der Waals surface area contributed by atoms with Crippen molar-refractivity contribution in [1.29, 1.82) is 0 Å². The Bertz CT molecular complexity index is 1180. The number of piperidine rings is 1. The summed E-state index contributed by atoms with van der Waals surface area (Å²) in [7, 11) is 0. The molecule has 1 aromatic heterocycles. The minimum atomic E-state index is -0.415. The second kappa shape index (κ2) is 9.91. The second-order valence-corrected chi connectivity index (χ2v) is 8.98. The van der Waals surface area contributed by atoms with Gasteiger partial charge in [0, 0.05) is 35.7 Å². The largest absolute Gasteiger partial charge is 0.342 e. The lowest BCUT2D eigenvalue weighted by Crippen LogP contribution is -2.44. The Labute approximate surface area is 195 Å². The highest BCUT2D eigenvalue weighted by atomic mass is 32.1. The van der Waals surface area contributed by atoms with Crippen molar-refractivity contribution in [3.8, 4) is 11.3 Å². The molecular formula is C24H24N4O4S. The van der Waals surface area contributed by atoms with E-state index in [4.69, 9.17) is 0 Å². The Morgan fingerprint density at radius 1 is 1.24 bits per heavy atom. The normalized spacial score (nSPS) is 15.8. The molecule has 1 aliphatic heterocycles. The zero-order chi connectivity index (χ0) is 23.4. The molecule has 1 saturated heterocycles. The van der Waals surface area contributed by atoms with Crippen LogP contribution in [-0.4, -0.2) is 39.7 Å². The van der Waals surface area contributed by atoms with E-state index in [-0.39, 0.29) is 23.4 Å². The van der Waals surface area contributed by atoms with E-state index in [9.17, 15) is 19.7 Å². The third-order valence-electron chi connectivity index (χ3n) is 5.78. The average molecular weight is 465 g/mol. The van der Waals surface area contributed by atoms with E-state index in [1.165, 1.54) is 17.4 Å². The lowest BCUT2D eigenvalue weighted by molar-refractivity contribution is -0.385. The number of thiazole rings is 1. The Kier molecular flexibility index (Phi) is 6.79. The molecule has 9 heteroatoms. The van der Waals surface area contributed by atoms with Gasteiger partial charge in [-0.15, -0.1) is 11.3 Å². The molecular weight excluding hydrogens is 440 g/mol. The van der Waals surface area contributed by atoms with Crippen LogP contribution in [0.4, 0.5) is 10.8 Å². The van der Waals surface area contributed by atoms with Gasteiger partial charge < -0.3 is 10.2 Å². The number of carbonyl (C=O) groups is 2. The monoisotopic (exact) mass is 464 g/mol. The summed E-state index contributed by atoms with van der Waals surface area (Å²) in [5.41, 5.74) is 2.77. The van der Waals surface area contributed by atoms with Crippen LogP contribution in [-0.2, 0) is 16.0 Å². The number of nitro benzene ring substituents is 1. The maximum absolute atomic E-state index is 12.9. The SMILES string of the molecule is Cc1ccc(-c2csc(NC(=O)C3CCCN(C(=O)Cc4ccccc4)C3)n2)cc1[N+](=O)[O-]. The molecule has 8 nitrogen and oxygen atoms in total. The molecule has 2 amide bonds. The van der Waals surface area contributed by atoms with Crippen molar-refractivity contribution < 1.29 is 14.5 Å². The number of carbonyl (C=O) groups excluding carboxylic acids is 2. The van der Waals surface area contributed by atoms with Gasteiger partial charge in [0.15, 0.2) is 5.13 Å². The molecule has 1 atom stereocenters. The molecule has 33 heavy (non-hydrogen) atoms. The standard InChI is InChI=1S/C24H24N4O4S/c1-16-9-10-18(13-21(16)28(31)32)20-15-33-24(25-20)26-23(30)19-8-5-11-27(14-19)22(29)12-17-6-3-2-4-7-17/h2-4,6-7,9-10,13,15,19H,5,8,11-12,14H2,1H3,(H,25,26,30). The number of aromatic nitrogens is 1. The van der Waals surface area contributed by atoms with Crippen molar-refractivity contribution >= 4 is 34.0 Å². The minimum Gasteiger partial charge on any atom is -0.342 e. The van der Waals surface area contributed by atoms with Crippen LogP contribution in [0, 0.1) is 23.0 Å².